The van der Waals surface area contributed by atoms with E-state index in [0.29, 0.717) is 19.1 Å². The van der Waals surface area contributed by atoms with Gasteiger partial charge in [-0.15, -0.1) is 11.3 Å². The number of nitrogens with zero attached hydrogens (tertiary/aromatic N) is 2. The number of guanidine groups is 1. The van der Waals surface area contributed by atoms with Crippen LogP contribution in [0.5, 0.6) is 11.5 Å². The van der Waals surface area contributed by atoms with E-state index in [0.717, 1.165) is 30.9 Å². The van der Waals surface area contributed by atoms with Crippen LogP contribution in [0.2, 0.25) is 0 Å². The SMILES string of the molecule is CCOc1cc(CCCNC(=NCC(=O)N(C)C)NCc2cccs2)ccc1OC. The molecule has 0 radical (unpaired) electrons. The molecule has 0 saturated carbocycles. The highest BCUT2D eigenvalue weighted by Crippen LogP contribution is 2.28. The van der Waals surface area contributed by atoms with Crippen molar-refractivity contribution in [2.75, 3.05) is 40.9 Å². The highest BCUT2D eigenvalue weighted by atomic mass is 32.1. The summed E-state index contributed by atoms with van der Waals surface area (Å²) in [4.78, 5) is 19.1. The van der Waals surface area contributed by atoms with Crippen molar-refractivity contribution < 1.29 is 14.3 Å². The predicted molar refractivity (Wildman–Crippen MR) is 123 cm³/mol. The predicted octanol–water partition coefficient (Wildman–Crippen LogP) is 2.91. The Hall–Kier alpha value is -2.74. The Morgan fingerprint density at radius 1 is 1.20 bits per heavy atom. The van der Waals surface area contributed by atoms with E-state index in [1.54, 1.807) is 37.4 Å². The van der Waals surface area contributed by atoms with Gasteiger partial charge in [-0.3, -0.25) is 4.79 Å². The Labute approximate surface area is 183 Å². The van der Waals surface area contributed by atoms with Gasteiger partial charge in [0.25, 0.3) is 0 Å². The number of hydrogen-bond donors (Lipinski definition) is 2. The molecule has 1 aromatic carbocycles. The number of aryl methyl sites for hydroxylation is 1. The van der Waals surface area contributed by atoms with Gasteiger partial charge in [0.1, 0.15) is 6.54 Å². The third-order valence-corrected chi connectivity index (χ3v) is 5.22. The second-order valence-electron chi connectivity index (χ2n) is 6.83. The van der Waals surface area contributed by atoms with Gasteiger partial charge >= 0.3 is 0 Å². The fourth-order valence-corrected chi connectivity index (χ4v) is 3.34. The highest BCUT2D eigenvalue weighted by Gasteiger charge is 2.07. The summed E-state index contributed by atoms with van der Waals surface area (Å²) in [6, 6.07) is 10.1. The lowest BCUT2D eigenvalue weighted by atomic mass is 10.1. The van der Waals surface area contributed by atoms with Crippen LogP contribution in [-0.2, 0) is 17.8 Å². The lowest BCUT2D eigenvalue weighted by molar-refractivity contribution is -0.127. The van der Waals surface area contributed by atoms with Crippen LogP contribution in [0.1, 0.15) is 23.8 Å². The molecule has 0 bridgehead atoms. The first-order valence-electron chi connectivity index (χ1n) is 10.1. The maximum Gasteiger partial charge on any atom is 0.243 e. The maximum absolute atomic E-state index is 11.9. The standard InChI is InChI=1S/C22H32N4O3S/c1-5-29-20-14-17(10-11-19(20)28-4)8-6-12-23-22(25-16-21(27)26(2)3)24-15-18-9-7-13-30-18/h7,9-11,13-14H,5-6,8,12,15-16H2,1-4H3,(H2,23,24,25). The second kappa shape index (κ2) is 12.7. The van der Waals surface area contributed by atoms with Crippen LogP contribution >= 0.6 is 11.3 Å². The van der Waals surface area contributed by atoms with Crippen molar-refractivity contribution in [2.24, 2.45) is 4.99 Å². The van der Waals surface area contributed by atoms with Crippen molar-refractivity contribution >= 4 is 23.2 Å². The van der Waals surface area contributed by atoms with Gasteiger partial charge in [0, 0.05) is 25.5 Å². The molecule has 8 heteroatoms. The number of carbonyl (C=O) groups excluding carboxylic acids is 1. The van der Waals surface area contributed by atoms with Gasteiger partial charge in [-0.25, -0.2) is 4.99 Å². The number of aliphatic imine (C=N–C) groups is 1. The molecular formula is C22H32N4O3S. The van der Waals surface area contributed by atoms with E-state index in [9.17, 15) is 4.79 Å². The fraction of sp³-hybridized carbons (Fsp3) is 0.455. The maximum atomic E-state index is 11.9. The first-order valence-corrected chi connectivity index (χ1v) is 11.0. The van der Waals surface area contributed by atoms with Crippen molar-refractivity contribution in [1.82, 2.24) is 15.5 Å². The summed E-state index contributed by atoms with van der Waals surface area (Å²) in [6.45, 7) is 4.09. The molecule has 2 N–H and O–H groups in total. The molecule has 2 aromatic rings. The number of nitrogens with one attached hydrogen (secondary N) is 2. The minimum absolute atomic E-state index is 0.0334. The highest BCUT2D eigenvalue weighted by molar-refractivity contribution is 7.09. The molecule has 0 saturated heterocycles. The van der Waals surface area contributed by atoms with E-state index >= 15 is 0 Å². The summed E-state index contributed by atoms with van der Waals surface area (Å²) in [5.41, 5.74) is 1.19. The molecule has 0 aliphatic heterocycles. The Morgan fingerprint density at radius 2 is 2.03 bits per heavy atom. The zero-order chi connectivity index (χ0) is 21.8. The van der Waals surface area contributed by atoms with E-state index in [1.165, 1.54) is 10.4 Å². The number of benzene rings is 1. The van der Waals surface area contributed by atoms with Crippen LogP contribution in [0.4, 0.5) is 0 Å². The van der Waals surface area contributed by atoms with E-state index < -0.39 is 0 Å². The molecule has 1 aromatic heterocycles. The molecular weight excluding hydrogens is 400 g/mol. The van der Waals surface area contributed by atoms with Crippen molar-refractivity contribution in [3.8, 4) is 11.5 Å². The van der Waals surface area contributed by atoms with Crippen LogP contribution in [0, 0.1) is 0 Å². The van der Waals surface area contributed by atoms with E-state index in [4.69, 9.17) is 9.47 Å². The first kappa shape index (κ1) is 23.5. The molecule has 0 fully saturated rings. The average molecular weight is 433 g/mol. The van der Waals surface area contributed by atoms with Crippen molar-refractivity contribution in [2.45, 2.75) is 26.3 Å². The number of hydrogen-bond acceptors (Lipinski definition) is 5. The molecule has 7 nitrogen and oxygen atoms in total. The van der Waals surface area contributed by atoms with Gasteiger partial charge in [-0.05, 0) is 48.9 Å². The number of methoxy groups -OCH3 is 1. The molecule has 164 valence electrons. The van der Waals surface area contributed by atoms with Gasteiger partial charge < -0.3 is 25.0 Å². The first-order chi connectivity index (χ1) is 14.5. The molecule has 30 heavy (non-hydrogen) atoms. The van der Waals surface area contributed by atoms with E-state index in [2.05, 4.69) is 27.8 Å². The van der Waals surface area contributed by atoms with E-state index in [1.807, 2.05) is 30.5 Å². The minimum Gasteiger partial charge on any atom is -0.493 e. The van der Waals surface area contributed by atoms with Crippen LogP contribution in [0.15, 0.2) is 40.7 Å². The summed E-state index contributed by atoms with van der Waals surface area (Å²) in [6.07, 6.45) is 1.81. The van der Waals surface area contributed by atoms with Gasteiger partial charge in [0.15, 0.2) is 17.5 Å². The summed E-state index contributed by atoms with van der Waals surface area (Å²) in [7, 11) is 5.11. The van der Waals surface area contributed by atoms with Gasteiger partial charge in [-0.2, -0.15) is 0 Å². The number of likely N-dealkylation sites (N-methyl/N-ethyl adjacent to an activating group) is 1. The summed E-state index contributed by atoms with van der Waals surface area (Å²) in [5.74, 6) is 2.13. The van der Waals surface area contributed by atoms with Crippen molar-refractivity contribution in [3.63, 3.8) is 0 Å². The number of thiophene rings is 1. The fourth-order valence-electron chi connectivity index (χ4n) is 2.69. The third-order valence-electron chi connectivity index (χ3n) is 4.34. The van der Waals surface area contributed by atoms with Crippen LogP contribution in [0.25, 0.3) is 0 Å². The molecule has 2 rings (SSSR count). The summed E-state index contributed by atoms with van der Waals surface area (Å²) >= 11 is 1.69. The average Bonchev–Trinajstić information content (AvgIpc) is 3.26. The molecule has 0 aliphatic rings. The lowest BCUT2D eigenvalue weighted by Crippen LogP contribution is -2.38. The van der Waals surface area contributed by atoms with Crippen molar-refractivity contribution in [3.05, 3.63) is 46.2 Å². The van der Waals surface area contributed by atoms with Gasteiger partial charge in [0.2, 0.25) is 5.91 Å². The smallest absolute Gasteiger partial charge is 0.243 e. The zero-order valence-corrected chi connectivity index (χ0v) is 19.1. The molecule has 1 amide bonds. The number of rotatable bonds is 11. The minimum atomic E-state index is -0.0334. The summed E-state index contributed by atoms with van der Waals surface area (Å²) in [5, 5.41) is 8.67. The van der Waals surface area contributed by atoms with Gasteiger partial charge in [0.05, 0.1) is 20.3 Å². The number of amides is 1. The molecule has 1 heterocycles. The van der Waals surface area contributed by atoms with Gasteiger partial charge in [-0.1, -0.05) is 12.1 Å². The second-order valence-corrected chi connectivity index (χ2v) is 7.87. The Kier molecular flexibility index (Phi) is 10.00. The van der Waals surface area contributed by atoms with E-state index in [-0.39, 0.29) is 12.5 Å². The third kappa shape index (κ3) is 7.94. The summed E-state index contributed by atoms with van der Waals surface area (Å²) < 4.78 is 11.0. The quantitative estimate of drug-likeness (QED) is 0.324. The number of ether oxygens (including phenoxy) is 2. The van der Waals surface area contributed by atoms with Crippen LogP contribution in [0.3, 0.4) is 0 Å². The van der Waals surface area contributed by atoms with Crippen LogP contribution < -0.4 is 20.1 Å². The lowest BCUT2D eigenvalue weighted by Gasteiger charge is -2.14. The normalized spacial score (nSPS) is 11.1. The Bertz CT molecular complexity index is 807. The topological polar surface area (TPSA) is 75.2 Å². The van der Waals surface area contributed by atoms with Crippen LogP contribution in [-0.4, -0.2) is 57.7 Å². The molecule has 0 unspecified atom stereocenters. The monoisotopic (exact) mass is 432 g/mol. The molecule has 0 atom stereocenters. The zero-order valence-electron chi connectivity index (χ0n) is 18.2. The van der Waals surface area contributed by atoms with Crippen molar-refractivity contribution in [1.29, 1.82) is 0 Å². The molecule has 0 spiro atoms. The Balaban J connectivity index is 1.88. The largest absolute Gasteiger partial charge is 0.493 e. The Morgan fingerprint density at radius 3 is 2.70 bits per heavy atom. The number of carbonyl (C=O) groups is 1. The molecule has 0 aliphatic carbocycles.